The van der Waals surface area contributed by atoms with Crippen molar-refractivity contribution in [3.8, 4) is 0 Å². The van der Waals surface area contributed by atoms with Crippen molar-refractivity contribution in [3.63, 3.8) is 0 Å². The van der Waals surface area contributed by atoms with Gasteiger partial charge in [-0.15, -0.1) is 0 Å². The number of amides is 3. The highest BCUT2D eigenvalue weighted by Crippen LogP contribution is 2.18. The topological polar surface area (TPSA) is 79.5 Å². The normalized spacial score (nSPS) is 15.0. The maximum absolute atomic E-state index is 11.9. The number of carbonyl (C=O) groups excluding carboxylic acids is 2. The van der Waals surface area contributed by atoms with Gasteiger partial charge in [0.15, 0.2) is 0 Å². The lowest BCUT2D eigenvalue weighted by Gasteiger charge is -2.22. The fraction of sp³-hybridized carbons (Fsp3) is 0.500. The van der Waals surface area contributed by atoms with Gasteiger partial charge in [-0.1, -0.05) is 19.3 Å². The molecule has 0 aromatic heterocycles. The second-order valence-electron chi connectivity index (χ2n) is 5.36. The molecule has 0 atom stereocenters. The van der Waals surface area contributed by atoms with Crippen molar-refractivity contribution < 1.29 is 14.3 Å². The van der Waals surface area contributed by atoms with Crippen LogP contribution in [0.25, 0.3) is 0 Å². The summed E-state index contributed by atoms with van der Waals surface area (Å²) in [5.41, 5.74) is 1.31. The Morgan fingerprint density at radius 3 is 2.23 bits per heavy atom. The summed E-state index contributed by atoms with van der Waals surface area (Å²) >= 11 is 0. The number of ether oxygens (including phenoxy) is 1. The molecule has 2 rings (SSSR count). The van der Waals surface area contributed by atoms with Crippen molar-refractivity contribution in [2.24, 2.45) is 0 Å². The van der Waals surface area contributed by atoms with Gasteiger partial charge in [0.1, 0.15) is 0 Å². The summed E-state index contributed by atoms with van der Waals surface area (Å²) in [6.45, 7) is 2.07. The summed E-state index contributed by atoms with van der Waals surface area (Å²) in [7, 11) is 0. The van der Waals surface area contributed by atoms with E-state index in [1.165, 1.54) is 19.3 Å². The van der Waals surface area contributed by atoms with Crippen LogP contribution in [-0.4, -0.2) is 24.8 Å². The second-order valence-corrected chi connectivity index (χ2v) is 5.36. The average Bonchev–Trinajstić information content (AvgIpc) is 2.50. The van der Waals surface area contributed by atoms with E-state index in [0.29, 0.717) is 18.0 Å². The number of anilines is 2. The van der Waals surface area contributed by atoms with Crippen LogP contribution in [0, 0.1) is 0 Å². The molecule has 6 heteroatoms. The Bertz CT molecular complexity index is 496. The van der Waals surface area contributed by atoms with E-state index in [9.17, 15) is 9.59 Å². The van der Waals surface area contributed by atoms with Gasteiger partial charge >= 0.3 is 12.1 Å². The Kier molecular flexibility index (Phi) is 6.06. The molecule has 1 aromatic carbocycles. The number of hydrogen-bond donors (Lipinski definition) is 3. The van der Waals surface area contributed by atoms with Crippen molar-refractivity contribution in [1.29, 1.82) is 0 Å². The molecule has 22 heavy (non-hydrogen) atoms. The monoisotopic (exact) mass is 305 g/mol. The fourth-order valence-corrected chi connectivity index (χ4v) is 2.52. The summed E-state index contributed by atoms with van der Waals surface area (Å²) in [4.78, 5) is 23.2. The van der Waals surface area contributed by atoms with Gasteiger partial charge in [0.05, 0.1) is 6.61 Å². The molecule has 6 nitrogen and oxygen atoms in total. The first-order valence-corrected chi connectivity index (χ1v) is 7.78. The van der Waals surface area contributed by atoms with Crippen LogP contribution >= 0.6 is 0 Å². The molecule has 0 unspecified atom stereocenters. The van der Waals surface area contributed by atoms with E-state index in [0.717, 1.165) is 12.8 Å². The van der Waals surface area contributed by atoms with Gasteiger partial charge in [0.25, 0.3) is 0 Å². The number of benzene rings is 1. The quantitative estimate of drug-likeness (QED) is 0.793. The number of urea groups is 1. The highest BCUT2D eigenvalue weighted by Gasteiger charge is 2.15. The Labute approximate surface area is 130 Å². The zero-order chi connectivity index (χ0) is 15.8. The standard InChI is InChI=1S/C16H23N3O3/c1-2-22-16(21)19-14-10-8-13(9-11-14)18-15(20)17-12-6-4-3-5-7-12/h8-12H,2-7H2,1H3,(H,19,21)(H2,17,18,20). The molecule has 0 saturated heterocycles. The summed E-state index contributed by atoms with van der Waals surface area (Å²) in [6, 6.07) is 7.00. The van der Waals surface area contributed by atoms with Gasteiger partial charge < -0.3 is 15.4 Å². The van der Waals surface area contributed by atoms with Crippen molar-refractivity contribution >= 4 is 23.5 Å². The predicted octanol–water partition coefficient (Wildman–Crippen LogP) is 3.71. The second kappa shape index (κ2) is 8.26. The van der Waals surface area contributed by atoms with Gasteiger partial charge in [-0.25, -0.2) is 9.59 Å². The van der Waals surface area contributed by atoms with Crippen LogP contribution in [-0.2, 0) is 4.74 Å². The van der Waals surface area contributed by atoms with E-state index in [1.54, 1.807) is 31.2 Å². The number of nitrogens with one attached hydrogen (secondary N) is 3. The molecule has 120 valence electrons. The van der Waals surface area contributed by atoms with Crippen LogP contribution < -0.4 is 16.0 Å². The minimum Gasteiger partial charge on any atom is -0.450 e. The summed E-state index contributed by atoms with van der Waals surface area (Å²) in [5, 5.41) is 8.39. The lowest BCUT2D eigenvalue weighted by atomic mass is 9.96. The van der Waals surface area contributed by atoms with E-state index < -0.39 is 6.09 Å². The van der Waals surface area contributed by atoms with E-state index >= 15 is 0 Å². The maximum Gasteiger partial charge on any atom is 0.411 e. The highest BCUT2D eigenvalue weighted by atomic mass is 16.5. The molecule has 0 heterocycles. The van der Waals surface area contributed by atoms with Gasteiger partial charge in [-0.3, -0.25) is 5.32 Å². The molecule has 1 saturated carbocycles. The molecule has 3 amide bonds. The summed E-state index contributed by atoms with van der Waals surface area (Å²) < 4.78 is 4.80. The molecule has 0 radical (unpaired) electrons. The first-order valence-electron chi connectivity index (χ1n) is 7.78. The van der Waals surface area contributed by atoms with E-state index in [-0.39, 0.29) is 12.1 Å². The molecular weight excluding hydrogens is 282 g/mol. The molecule has 1 fully saturated rings. The highest BCUT2D eigenvalue weighted by molar-refractivity contribution is 5.90. The number of hydrogen-bond acceptors (Lipinski definition) is 3. The third kappa shape index (κ3) is 5.27. The smallest absolute Gasteiger partial charge is 0.411 e. The summed E-state index contributed by atoms with van der Waals surface area (Å²) in [6.07, 6.45) is 5.23. The fourth-order valence-electron chi connectivity index (χ4n) is 2.52. The van der Waals surface area contributed by atoms with Crippen LogP contribution in [0.2, 0.25) is 0 Å². The van der Waals surface area contributed by atoms with Crippen molar-refractivity contribution in [2.75, 3.05) is 17.2 Å². The van der Waals surface area contributed by atoms with Crippen LogP contribution in [0.4, 0.5) is 21.0 Å². The summed E-state index contributed by atoms with van der Waals surface area (Å²) in [5.74, 6) is 0. The first kappa shape index (κ1) is 16.1. The molecule has 1 aromatic rings. The molecular formula is C16H23N3O3. The SMILES string of the molecule is CCOC(=O)Nc1ccc(NC(=O)NC2CCCCC2)cc1. The maximum atomic E-state index is 11.9. The van der Waals surface area contributed by atoms with Crippen LogP contribution in [0.5, 0.6) is 0 Å². The van der Waals surface area contributed by atoms with E-state index in [4.69, 9.17) is 4.74 Å². The molecule has 3 N–H and O–H groups in total. The lowest BCUT2D eigenvalue weighted by Crippen LogP contribution is -2.38. The van der Waals surface area contributed by atoms with Gasteiger partial charge in [-0.05, 0) is 44.0 Å². The van der Waals surface area contributed by atoms with Crippen molar-refractivity contribution in [2.45, 2.75) is 45.1 Å². The van der Waals surface area contributed by atoms with Crippen LogP contribution in [0.3, 0.4) is 0 Å². The average molecular weight is 305 g/mol. The minimum atomic E-state index is -0.488. The van der Waals surface area contributed by atoms with Gasteiger partial charge in [0, 0.05) is 17.4 Å². The van der Waals surface area contributed by atoms with Crippen molar-refractivity contribution in [1.82, 2.24) is 5.32 Å². The van der Waals surface area contributed by atoms with Crippen LogP contribution in [0.1, 0.15) is 39.0 Å². The predicted molar refractivity (Wildman–Crippen MR) is 86.1 cm³/mol. The first-order chi connectivity index (χ1) is 10.7. The molecule has 0 spiro atoms. The molecule has 1 aliphatic rings. The minimum absolute atomic E-state index is 0.182. The zero-order valence-corrected chi connectivity index (χ0v) is 12.9. The van der Waals surface area contributed by atoms with Crippen molar-refractivity contribution in [3.05, 3.63) is 24.3 Å². The van der Waals surface area contributed by atoms with E-state index in [2.05, 4.69) is 16.0 Å². The molecule has 1 aliphatic carbocycles. The van der Waals surface area contributed by atoms with Gasteiger partial charge in [0.2, 0.25) is 0 Å². The Morgan fingerprint density at radius 2 is 1.64 bits per heavy atom. The lowest BCUT2D eigenvalue weighted by molar-refractivity contribution is 0.168. The molecule has 0 aliphatic heterocycles. The Balaban J connectivity index is 1.80. The third-order valence-corrected chi connectivity index (χ3v) is 3.60. The number of rotatable bonds is 4. The van der Waals surface area contributed by atoms with Crippen LogP contribution in [0.15, 0.2) is 24.3 Å². The Morgan fingerprint density at radius 1 is 1.05 bits per heavy atom. The zero-order valence-electron chi connectivity index (χ0n) is 12.9. The third-order valence-electron chi connectivity index (χ3n) is 3.60. The van der Waals surface area contributed by atoms with E-state index in [1.807, 2.05) is 0 Å². The van der Waals surface area contributed by atoms with Gasteiger partial charge in [-0.2, -0.15) is 0 Å². The molecule has 0 bridgehead atoms. The largest absolute Gasteiger partial charge is 0.450 e. The Hall–Kier alpha value is -2.24. The number of carbonyl (C=O) groups is 2.